The summed E-state index contributed by atoms with van der Waals surface area (Å²) in [5.74, 6) is -0.366. The van der Waals surface area contributed by atoms with E-state index in [2.05, 4.69) is 0 Å². The highest BCUT2D eigenvalue weighted by Crippen LogP contribution is 2.29. The van der Waals surface area contributed by atoms with Crippen LogP contribution < -0.4 is 4.74 Å². The van der Waals surface area contributed by atoms with Gasteiger partial charge in [-0.2, -0.15) is 0 Å². The van der Waals surface area contributed by atoms with Crippen molar-refractivity contribution in [2.45, 2.75) is 31.7 Å². The Hall–Kier alpha value is -1.75. The lowest BCUT2D eigenvalue weighted by molar-refractivity contribution is -0.138. The Kier molecular flexibility index (Phi) is 5.07. The van der Waals surface area contributed by atoms with E-state index in [-0.39, 0.29) is 31.3 Å². The van der Waals surface area contributed by atoms with Crippen LogP contribution >= 0.6 is 11.6 Å². The summed E-state index contributed by atoms with van der Waals surface area (Å²) in [6, 6.07) is 5.32. The topological polar surface area (TPSA) is 66.8 Å². The van der Waals surface area contributed by atoms with Crippen LogP contribution in [0.25, 0.3) is 0 Å². The van der Waals surface area contributed by atoms with Crippen LogP contribution in [0.5, 0.6) is 5.75 Å². The zero-order chi connectivity index (χ0) is 15.4. The third-order valence-electron chi connectivity index (χ3n) is 3.46. The zero-order valence-electron chi connectivity index (χ0n) is 11.8. The molecule has 0 radical (unpaired) electrons. The van der Waals surface area contributed by atoms with E-state index in [1.165, 1.54) is 0 Å². The number of carbonyl (C=O) groups is 2. The van der Waals surface area contributed by atoms with Crippen molar-refractivity contribution in [3.05, 3.63) is 28.8 Å². The third kappa shape index (κ3) is 4.36. The quantitative estimate of drug-likeness (QED) is 0.839. The number of carboxylic acid groups (broad SMARTS) is 1. The number of carbonyl (C=O) groups excluding carboxylic acids is 1. The summed E-state index contributed by atoms with van der Waals surface area (Å²) >= 11 is 5.96. The minimum Gasteiger partial charge on any atom is -0.496 e. The van der Waals surface area contributed by atoms with Gasteiger partial charge in [-0.15, -0.1) is 0 Å². The Morgan fingerprint density at radius 1 is 1.43 bits per heavy atom. The van der Waals surface area contributed by atoms with Gasteiger partial charge in [0.05, 0.1) is 20.0 Å². The Labute approximate surface area is 128 Å². The smallest absolute Gasteiger partial charge is 0.305 e. The molecule has 5 nitrogen and oxygen atoms in total. The van der Waals surface area contributed by atoms with E-state index >= 15 is 0 Å². The van der Waals surface area contributed by atoms with Crippen molar-refractivity contribution in [2.24, 2.45) is 0 Å². The molecule has 0 saturated heterocycles. The molecule has 6 heteroatoms. The van der Waals surface area contributed by atoms with Crippen LogP contribution in [-0.4, -0.2) is 41.6 Å². The van der Waals surface area contributed by atoms with Gasteiger partial charge >= 0.3 is 5.97 Å². The summed E-state index contributed by atoms with van der Waals surface area (Å²) in [5.41, 5.74) is 0.718. The summed E-state index contributed by atoms with van der Waals surface area (Å²) < 4.78 is 5.23. The molecule has 0 spiro atoms. The number of ether oxygens (including phenoxy) is 1. The first kappa shape index (κ1) is 15.6. The molecule has 1 fully saturated rings. The van der Waals surface area contributed by atoms with Gasteiger partial charge in [-0.1, -0.05) is 11.6 Å². The van der Waals surface area contributed by atoms with Gasteiger partial charge < -0.3 is 14.7 Å². The summed E-state index contributed by atoms with van der Waals surface area (Å²) in [5, 5.41) is 9.32. The van der Waals surface area contributed by atoms with Crippen LogP contribution in [0.15, 0.2) is 18.2 Å². The summed E-state index contributed by atoms with van der Waals surface area (Å²) in [6.07, 6.45) is 2.02. The average Bonchev–Trinajstić information content (AvgIpc) is 3.23. The van der Waals surface area contributed by atoms with Crippen molar-refractivity contribution in [2.75, 3.05) is 13.7 Å². The van der Waals surface area contributed by atoms with Crippen molar-refractivity contribution in [3.8, 4) is 5.75 Å². The second-order valence-corrected chi connectivity index (χ2v) is 5.53. The molecule has 0 unspecified atom stereocenters. The van der Waals surface area contributed by atoms with E-state index in [0.29, 0.717) is 10.8 Å². The summed E-state index contributed by atoms with van der Waals surface area (Å²) in [4.78, 5) is 24.8. The van der Waals surface area contributed by atoms with Crippen LogP contribution in [0.1, 0.15) is 24.8 Å². The molecule has 0 aliphatic heterocycles. The number of rotatable bonds is 7. The monoisotopic (exact) mass is 311 g/mol. The van der Waals surface area contributed by atoms with Gasteiger partial charge in [-0.3, -0.25) is 9.59 Å². The Balaban J connectivity index is 2.07. The van der Waals surface area contributed by atoms with Crippen molar-refractivity contribution in [1.29, 1.82) is 0 Å². The van der Waals surface area contributed by atoms with Crippen LogP contribution in [0, 0.1) is 0 Å². The average molecular weight is 312 g/mol. The van der Waals surface area contributed by atoms with Crippen LogP contribution in [0.3, 0.4) is 0 Å². The molecule has 1 aliphatic carbocycles. The lowest BCUT2D eigenvalue weighted by Crippen LogP contribution is -2.36. The number of hydrogen-bond acceptors (Lipinski definition) is 3. The van der Waals surface area contributed by atoms with Crippen LogP contribution in [0.4, 0.5) is 0 Å². The second kappa shape index (κ2) is 6.80. The maximum absolute atomic E-state index is 12.4. The molecule has 1 aromatic carbocycles. The molecule has 1 aliphatic rings. The SMILES string of the molecule is COc1ccc(Cl)cc1CC(=O)N(CCC(=O)O)C1CC1. The van der Waals surface area contributed by atoms with E-state index in [1.54, 1.807) is 30.2 Å². The number of benzene rings is 1. The Morgan fingerprint density at radius 2 is 2.14 bits per heavy atom. The van der Waals surface area contributed by atoms with E-state index in [4.69, 9.17) is 21.4 Å². The molecule has 114 valence electrons. The van der Waals surface area contributed by atoms with E-state index in [1.807, 2.05) is 0 Å². The molecule has 1 aromatic rings. The van der Waals surface area contributed by atoms with E-state index < -0.39 is 5.97 Å². The lowest BCUT2D eigenvalue weighted by atomic mass is 10.1. The summed E-state index contributed by atoms with van der Waals surface area (Å²) in [6.45, 7) is 0.252. The maximum atomic E-state index is 12.4. The molecular weight excluding hydrogens is 294 g/mol. The van der Waals surface area contributed by atoms with Crippen molar-refractivity contribution < 1.29 is 19.4 Å². The first-order valence-electron chi connectivity index (χ1n) is 6.85. The molecule has 0 heterocycles. The zero-order valence-corrected chi connectivity index (χ0v) is 12.6. The number of methoxy groups -OCH3 is 1. The second-order valence-electron chi connectivity index (χ2n) is 5.09. The first-order chi connectivity index (χ1) is 10.0. The number of halogens is 1. The van der Waals surface area contributed by atoms with E-state index in [0.717, 1.165) is 18.4 Å². The number of carboxylic acids is 1. The Bertz CT molecular complexity index is 542. The summed E-state index contributed by atoms with van der Waals surface area (Å²) in [7, 11) is 1.54. The van der Waals surface area contributed by atoms with Crippen LogP contribution in [0.2, 0.25) is 5.02 Å². The van der Waals surface area contributed by atoms with E-state index in [9.17, 15) is 9.59 Å². The van der Waals surface area contributed by atoms with Gasteiger partial charge in [-0.05, 0) is 31.0 Å². The number of aliphatic carboxylic acids is 1. The van der Waals surface area contributed by atoms with Crippen molar-refractivity contribution in [3.63, 3.8) is 0 Å². The fourth-order valence-corrected chi connectivity index (χ4v) is 2.46. The molecule has 1 saturated carbocycles. The minimum absolute atomic E-state index is 0.0328. The molecule has 2 rings (SSSR count). The normalized spacial score (nSPS) is 13.8. The molecule has 1 amide bonds. The number of amides is 1. The number of nitrogens with zero attached hydrogens (tertiary/aromatic N) is 1. The highest BCUT2D eigenvalue weighted by atomic mass is 35.5. The molecule has 0 atom stereocenters. The molecule has 0 aromatic heterocycles. The minimum atomic E-state index is -0.895. The highest BCUT2D eigenvalue weighted by molar-refractivity contribution is 6.30. The van der Waals surface area contributed by atoms with Gasteiger partial charge in [-0.25, -0.2) is 0 Å². The predicted octanol–water partition coefficient (Wildman–Crippen LogP) is 2.36. The highest BCUT2D eigenvalue weighted by Gasteiger charge is 2.32. The molecular formula is C15H18ClNO4. The third-order valence-corrected chi connectivity index (χ3v) is 3.69. The van der Waals surface area contributed by atoms with Gasteiger partial charge in [0.2, 0.25) is 5.91 Å². The standard InChI is InChI=1S/C15H18ClNO4/c1-21-13-5-2-11(16)8-10(13)9-14(18)17(12-3-4-12)7-6-15(19)20/h2,5,8,12H,3-4,6-7,9H2,1H3,(H,19,20). The van der Waals surface area contributed by atoms with Gasteiger partial charge in [0.1, 0.15) is 5.75 Å². The van der Waals surface area contributed by atoms with Gasteiger partial charge in [0.15, 0.2) is 0 Å². The van der Waals surface area contributed by atoms with Gasteiger partial charge in [0, 0.05) is 23.2 Å². The largest absolute Gasteiger partial charge is 0.496 e. The van der Waals surface area contributed by atoms with Crippen LogP contribution in [-0.2, 0) is 16.0 Å². The number of hydrogen-bond donors (Lipinski definition) is 1. The fraction of sp³-hybridized carbons (Fsp3) is 0.467. The molecule has 21 heavy (non-hydrogen) atoms. The first-order valence-corrected chi connectivity index (χ1v) is 7.22. The van der Waals surface area contributed by atoms with Gasteiger partial charge in [0.25, 0.3) is 0 Å². The molecule has 1 N–H and O–H groups in total. The van der Waals surface area contributed by atoms with Crippen molar-refractivity contribution >= 4 is 23.5 Å². The fourth-order valence-electron chi connectivity index (χ4n) is 2.26. The van der Waals surface area contributed by atoms with Crippen molar-refractivity contribution in [1.82, 2.24) is 4.90 Å². The molecule has 0 bridgehead atoms. The Morgan fingerprint density at radius 3 is 2.71 bits per heavy atom. The lowest BCUT2D eigenvalue weighted by Gasteiger charge is -2.22. The predicted molar refractivity (Wildman–Crippen MR) is 78.7 cm³/mol. The maximum Gasteiger partial charge on any atom is 0.305 e.